The lowest BCUT2D eigenvalue weighted by Gasteiger charge is -2.20. The molecule has 0 spiro atoms. The van der Waals surface area contributed by atoms with Crippen molar-refractivity contribution in [3.63, 3.8) is 0 Å². The Labute approximate surface area is 99.7 Å². The zero-order chi connectivity index (χ0) is 12.3. The second-order valence-electron chi connectivity index (χ2n) is 3.92. The van der Waals surface area contributed by atoms with Gasteiger partial charge in [0.2, 0.25) is 0 Å². The van der Waals surface area contributed by atoms with Gasteiger partial charge in [0.1, 0.15) is 5.75 Å². The highest BCUT2D eigenvalue weighted by Crippen LogP contribution is 2.23. The number of rotatable bonds is 3. The standard InChI is InChI=1S/C13H15FN2O/c1-9-8-10(6-7-12(9)16-15)17-13-5-3-2-4-11(13)14/h2-8,11,13,16H,15H2,1H3. The van der Waals surface area contributed by atoms with E-state index < -0.39 is 12.3 Å². The van der Waals surface area contributed by atoms with Gasteiger partial charge in [0.15, 0.2) is 12.3 Å². The highest BCUT2D eigenvalue weighted by atomic mass is 19.1. The second-order valence-corrected chi connectivity index (χ2v) is 3.92. The first-order valence-electron chi connectivity index (χ1n) is 5.43. The molecule has 0 radical (unpaired) electrons. The predicted molar refractivity (Wildman–Crippen MR) is 66.6 cm³/mol. The number of anilines is 1. The first kappa shape index (κ1) is 11.7. The molecule has 0 aromatic heterocycles. The number of halogens is 1. The molecule has 2 atom stereocenters. The summed E-state index contributed by atoms with van der Waals surface area (Å²) in [6, 6.07) is 5.40. The van der Waals surface area contributed by atoms with Crippen LogP contribution in [-0.4, -0.2) is 12.3 Å². The van der Waals surface area contributed by atoms with Gasteiger partial charge >= 0.3 is 0 Å². The Balaban J connectivity index is 2.11. The summed E-state index contributed by atoms with van der Waals surface area (Å²) in [5.41, 5.74) is 4.36. The van der Waals surface area contributed by atoms with Gasteiger partial charge in [-0.2, -0.15) is 0 Å². The van der Waals surface area contributed by atoms with Crippen LogP contribution in [0.25, 0.3) is 0 Å². The summed E-state index contributed by atoms with van der Waals surface area (Å²) in [6.07, 6.45) is 4.98. The third-order valence-corrected chi connectivity index (χ3v) is 2.65. The number of nitrogen functional groups attached to an aromatic ring is 1. The fraction of sp³-hybridized carbons (Fsp3) is 0.231. The lowest BCUT2D eigenvalue weighted by Crippen LogP contribution is -2.26. The van der Waals surface area contributed by atoms with E-state index in [1.54, 1.807) is 30.4 Å². The van der Waals surface area contributed by atoms with E-state index in [0.717, 1.165) is 11.3 Å². The highest BCUT2D eigenvalue weighted by molar-refractivity contribution is 5.52. The highest BCUT2D eigenvalue weighted by Gasteiger charge is 2.19. The summed E-state index contributed by atoms with van der Waals surface area (Å²) in [4.78, 5) is 0. The van der Waals surface area contributed by atoms with E-state index in [1.807, 2.05) is 13.0 Å². The van der Waals surface area contributed by atoms with Crippen LogP contribution in [0.2, 0.25) is 0 Å². The molecule has 1 aromatic carbocycles. The second kappa shape index (κ2) is 5.01. The molecule has 1 aliphatic rings. The lowest BCUT2D eigenvalue weighted by molar-refractivity contribution is 0.164. The minimum absolute atomic E-state index is 0.559. The molecule has 3 N–H and O–H groups in total. The van der Waals surface area contributed by atoms with E-state index >= 15 is 0 Å². The maximum Gasteiger partial charge on any atom is 0.159 e. The number of hydrogen-bond donors (Lipinski definition) is 2. The van der Waals surface area contributed by atoms with Crippen LogP contribution in [0.15, 0.2) is 42.5 Å². The van der Waals surface area contributed by atoms with Gasteiger partial charge in [0.05, 0.1) is 5.69 Å². The summed E-state index contributed by atoms with van der Waals surface area (Å²) in [6.45, 7) is 1.91. The third kappa shape index (κ3) is 2.65. The molecular formula is C13H15FN2O. The number of hydrazine groups is 1. The topological polar surface area (TPSA) is 47.3 Å². The molecule has 1 aliphatic carbocycles. The van der Waals surface area contributed by atoms with Crippen molar-refractivity contribution >= 4 is 5.69 Å². The van der Waals surface area contributed by atoms with Crippen LogP contribution in [0.4, 0.5) is 10.1 Å². The first-order chi connectivity index (χ1) is 8.20. The Hall–Kier alpha value is -1.81. The quantitative estimate of drug-likeness (QED) is 0.624. The van der Waals surface area contributed by atoms with Gasteiger partial charge in [-0.15, -0.1) is 0 Å². The molecule has 2 rings (SSSR count). The molecular weight excluding hydrogens is 219 g/mol. The zero-order valence-electron chi connectivity index (χ0n) is 9.56. The van der Waals surface area contributed by atoms with Crippen LogP contribution in [0.5, 0.6) is 5.75 Å². The van der Waals surface area contributed by atoms with Gasteiger partial charge in [-0.1, -0.05) is 12.2 Å². The molecule has 3 nitrogen and oxygen atoms in total. The van der Waals surface area contributed by atoms with Crippen molar-refractivity contribution in [1.29, 1.82) is 0 Å². The van der Waals surface area contributed by atoms with Gasteiger partial charge in [-0.25, -0.2) is 4.39 Å². The number of aryl methyl sites for hydroxylation is 1. The summed E-state index contributed by atoms with van der Waals surface area (Å²) >= 11 is 0. The van der Waals surface area contributed by atoms with Crippen molar-refractivity contribution in [3.8, 4) is 5.75 Å². The molecule has 0 heterocycles. The van der Waals surface area contributed by atoms with E-state index in [1.165, 1.54) is 6.08 Å². The van der Waals surface area contributed by atoms with Gasteiger partial charge in [0, 0.05) is 0 Å². The number of benzene rings is 1. The van der Waals surface area contributed by atoms with Crippen molar-refractivity contribution in [2.45, 2.75) is 19.2 Å². The van der Waals surface area contributed by atoms with E-state index in [2.05, 4.69) is 5.43 Å². The van der Waals surface area contributed by atoms with E-state index in [9.17, 15) is 4.39 Å². The Morgan fingerprint density at radius 1 is 1.29 bits per heavy atom. The van der Waals surface area contributed by atoms with Gasteiger partial charge in [-0.05, 0) is 42.8 Å². The summed E-state index contributed by atoms with van der Waals surface area (Å²) in [5.74, 6) is 5.97. The first-order valence-corrected chi connectivity index (χ1v) is 5.43. The maximum absolute atomic E-state index is 13.5. The fourth-order valence-electron chi connectivity index (χ4n) is 1.69. The normalized spacial score (nSPS) is 22.5. The molecule has 1 aromatic rings. The number of nitrogens with one attached hydrogen (secondary N) is 1. The molecule has 0 saturated heterocycles. The molecule has 4 heteroatoms. The molecule has 17 heavy (non-hydrogen) atoms. The van der Waals surface area contributed by atoms with Crippen LogP contribution < -0.4 is 16.0 Å². The molecule has 0 amide bonds. The van der Waals surface area contributed by atoms with Crippen LogP contribution in [-0.2, 0) is 0 Å². The smallest absolute Gasteiger partial charge is 0.159 e. The fourth-order valence-corrected chi connectivity index (χ4v) is 1.69. The van der Waals surface area contributed by atoms with Crippen molar-refractivity contribution in [1.82, 2.24) is 0 Å². The Morgan fingerprint density at radius 3 is 2.71 bits per heavy atom. The minimum atomic E-state index is -1.10. The minimum Gasteiger partial charge on any atom is -0.483 e. The molecule has 0 bridgehead atoms. The van der Waals surface area contributed by atoms with Gasteiger partial charge in [0.25, 0.3) is 0 Å². The Morgan fingerprint density at radius 2 is 2.06 bits per heavy atom. The van der Waals surface area contributed by atoms with Crippen LogP contribution in [0.3, 0.4) is 0 Å². The SMILES string of the molecule is Cc1cc(OC2C=CC=CC2F)ccc1NN. The van der Waals surface area contributed by atoms with E-state index in [4.69, 9.17) is 10.6 Å². The Bertz CT molecular complexity index is 457. The van der Waals surface area contributed by atoms with Crippen LogP contribution in [0.1, 0.15) is 5.56 Å². The maximum atomic E-state index is 13.5. The third-order valence-electron chi connectivity index (χ3n) is 2.65. The van der Waals surface area contributed by atoms with Crippen LogP contribution >= 0.6 is 0 Å². The largest absolute Gasteiger partial charge is 0.483 e. The average molecular weight is 234 g/mol. The lowest BCUT2D eigenvalue weighted by atomic mass is 10.1. The molecule has 0 fully saturated rings. The molecule has 0 aliphatic heterocycles. The van der Waals surface area contributed by atoms with Crippen LogP contribution in [0, 0.1) is 6.92 Å². The van der Waals surface area contributed by atoms with Crippen molar-refractivity contribution in [3.05, 3.63) is 48.1 Å². The summed E-state index contributed by atoms with van der Waals surface area (Å²) in [5, 5.41) is 0. The van der Waals surface area contributed by atoms with E-state index in [-0.39, 0.29) is 0 Å². The number of hydrogen-bond acceptors (Lipinski definition) is 3. The zero-order valence-corrected chi connectivity index (χ0v) is 9.56. The molecule has 2 unspecified atom stereocenters. The summed E-state index contributed by atoms with van der Waals surface area (Å²) < 4.78 is 19.1. The number of nitrogens with two attached hydrogens (primary N) is 1. The van der Waals surface area contributed by atoms with Gasteiger partial charge < -0.3 is 10.2 Å². The van der Waals surface area contributed by atoms with Crippen molar-refractivity contribution in [2.24, 2.45) is 5.84 Å². The number of ether oxygens (including phenoxy) is 1. The Kier molecular flexibility index (Phi) is 3.44. The molecule has 90 valence electrons. The van der Waals surface area contributed by atoms with Gasteiger partial charge in [-0.3, -0.25) is 5.84 Å². The van der Waals surface area contributed by atoms with Crippen molar-refractivity contribution in [2.75, 3.05) is 5.43 Å². The summed E-state index contributed by atoms with van der Waals surface area (Å²) in [7, 11) is 0. The predicted octanol–water partition coefficient (Wildman–Crippen LogP) is 2.49. The monoisotopic (exact) mass is 234 g/mol. The number of alkyl halides is 1. The average Bonchev–Trinajstić information content (AvgIpc) is 2.32. The van der Waals surface area contributed by atoms with E-state index in [0.29, 0.717) is 5.75 Å². The molecule has 0 saturated carbocycles. The number of allylic oxidation sites excluding steroid dienone is 2. The van der Waals surface area contributed by atoms with Crippen molar-refractivity contribution < 1.29 is 9.13 Å².